The number of hydrogen-bond donors (Lipinski definition) is 0. The van der Waals surface area contributed by atoms with Crippen molar-refractivity contribution in [3.05, 3.63) is 17.7 Å². The van der Waals surface area contributed by atoms with Gasteiger partial charge in [0.2, 0.25) is 0 Å². The summed E-state index contributed by atoms with van der Waals surface area (Å²) in [5.74, 6) is 1.35. The second-order valence-corrected chi connectivity index (χ2v) is 3.97. The Labute approximate surface area is 103 Å². The molecule has 0 aliphatic heterocycles. The molecule has 0 radical (unpaired) electrons. The fourth-order valence-electron chi connectivity index (χ4n) is 1.27. The van der Waals surface area contributed by atoms with E-state index in [2.05, 4.69) is 15.3 Å². The van der Waals surface area contributed by atoms with E-state index in [9.17, 15) is 0 Å². The van der Waals surface area contributed by atoms with E-state index in [4.69, 9.17) is 25.4 Å². The number of aromatic nitrogens is 3. The fourth-order valence-corrected chi connectivity index (χ4v) is 1.36. The topological polar surface area (TPSA) is 74.2 Å². The molecule has 2 aromatic heterocycles. The third-order valence-electron chi connectivity index (χ3n) is 2.14. The maximum Gasteiger partial charge on any atom is 0.280 e. The molecule has 0 aromatic carbocycles. The molecule has 0 spiro atoms. The van der Waals surface area contributed by atoms with Gasteiger partial charge in [-0.3, -0.25) is 0 Å². The second-order valence-electron chi connectivity index (χ2n) is 3.44. The highest BCUT2D eigenvalue weighted by Gasteiger charge is 2.17. The molecule has 0 amide bonds. The molecule has 0 aliphatic carbocycles. The fraction of sp³-hybridized carbons (Fsp3) is 0.500. The van der Waals surface area contributed by atoms with Crippen LogP contribution in [0.15, 0.2) is 15.1 Å². The summed E-state index contributed by atoms with van der Waals surface area (Å²) in [5, 5.41) is 7.34. The molecule has 1 atom stereocenters. The maximum absolute atomic E-state index is 6.00. The molecule has 2 rings (SSSR count). The predicted octanol–water partition coefficient (Wildman–Crippen LogP) is 2.56. The van der Waals surface area contributed by atoms with Gasteiger partial charge in [-0.15, -0.1) is 11.6 Å². The van der Waals surface area contributed by atoms with E-state index in [0.29, 0.717) is 29.8 Å². The van der Waals surface area contributed by atoms with Gasteiger partial charge in [0.1, 0.15) is 6.61 Å². The van der Waals surface area contributed by atoms with E-state index >= 15 is 0 Å². The number of hydrogen-bond acceptors (Lipinski definition) is 6. The van der Waals surface area contributed by atoms with Crippen LogP contribution in [-0.2, 0) is 11.3 Å². The van der Waals surface area contributed by atoms with Crippen molar-refractivity contribution in [1.82, 2.24) is 15.3 Å². The SMILES string of the molecule is CCC(Cl)c1noc(-c2cc(COC)on2)n1. The zero-order valence-corrected chi connectivity index (χ0v) is 10.3. The van der Waals surface area contributed by atoms with Gasteiger partial charge in [0.25, 0.3) is 5.89 Å². The Hall–Kier alpha value is -1.40. The van der Waals surface area contributed by atoms with Crippen LogP contribution in [0.25, 0.3) is 11.6 Å². The standard InChI is InChI=1S/C10H12ClN3O3/c1-3-7(11)9-12-10(17-14-9)8-4-6(5-15-2)16-13-8/h4,7H,3,5H2,1-2H3. The normalized spacial score (nSPS) is 12.9. The molecule has 0 bridgehead atoms. The Balaban J connectivity index is 2.18. The molecule has 2 heterocycles. The zero-order chi connectivity index (χ0) is 12.3. The third-order valence-corrected chi connectivity index (χ3v) is 2.65. The van der Waals surface area contributed by atoms with Crippen molar-refractivity contribution >= 4 is 11.6 Å². The lowest BCUT2D eigenvalue weighted by Crippen LogP contribution is -1.90. The van der Waals surface area contributed by atoms with Crippen molar-refractivity contribution in [2.75, 3.05) is 7.11 Å². The highest BCUT2D eigenvalue weighted by Crippen LogP contribution is 2.24. The van der Waals surface area contributed by atoms with Crippen LogP contribution < -0.4 is 0 Å². The maximum atomic E-state index is 6.00. The lowest BCUT2D eigenvalue weighted by atomic mass is 10.3. The van der Waals surface area contributed by atoms with Crippen molar-refractivity contribution in [1.29, 1.82) is 0 Å². The molecule has 0 aliphatic rings. The summed E-state index contributed by atoms with van der Waals surface area (Å²) in [6, 6.07) is 1.69. The van der Waals surface area contributed by atoms with Crippen LogP contribution >= 0.6 is 11.6 Å². The molecule has 0 N–H and O–H groups in total. The van der Waals surface area contributed by atoms with Crippen LogP contribution in [-0.4, -0.2) is 22.4 Å². The van der Waals surface area contributed by atoms with E-state index in [1.807, 2.05) is 6.92 Å². The molecule has 0 fully saturated rings. The smallest absolute Gasteiger partial charge is 0.280 e. The van der Waals surface area contributed by atoms with Crippen molar-refractivity contribution in [3.8, 4) is 11.6 Å². The number of rotatable bonds is 5. The highest BCUT2D eigenvalue weighted by atomic mass is 35.5. The minimum atomic E-state index is -0.252. The van der Waals surface area contributed by atoms with E-state index in [-0.39, 0.29) is 5.38 Å². The van der Waals surface area contributed by atoms with Gasteiger partial charge in [-0.2, -0.15) is 4.98 Å². The second kappa shape index (κ2) is 5.29. The molecule has 6 nitrogen and oxygen atoms in total. The predicted molar refractivity (Wildman–Crippen MR) is 59.4 cm³/mol. The summed E-state index contributed by atoms with van der Waals surface area (Å²) in [6.07, 6.45) is 0.730. The van der Waals surface area contributed by atoms with Crippen LogP contribution in [0.2, 0.25) is 0 Å². The number of ether oxygens (including phenoxy) is 1. The number of halogens is 1. The lowest BCUT2D eigenvalue weighted by Gasteiger charge is -1.95. The van der Waals surface area contributed by atoms with Gasteiger partial charge >= 0.3 is 0 Å². The molecular formula is C10H12ClN3O3. The van der Waals surface area contributed by atoms with Crippen molar-refractivity contribution in [2.24, 2.45) is 0 Å². The van der Waals surface area contributed by atoms with Crippen molar-refractivity contribution < 1.29 is 13.8 Å². The largest absolute Gasteiger partial charge is 0.377 e. The third kappa shape index (κ3) is 2.65. The summed E-state index contributed by atoms with van der Waals surface area (Å²) >= 11 is 6.00. The van der Waals surface area contributed by atoms with Gasteiger partial charge in [-0.25, -0.2) is 0 Å². The molecular weight excluding hydrogens is 246 g/mol. The first-order valence-electron chi connectivity index (χ1n) is 5.17. The number of alkyl halides is 1. The van der Waals surface area contributed by atoms with Gasteiger partial charge in [0.15, 0.2) is 17.3 Å². The average Bonchev–Trinajstić information content (AvgIpc) is 2.96. The van der Waals surface area contributed by atoms with Crippen LogP contribution in [0.4, 0.5) is 0 Å². The lowest BCUT2D eigenvalue weighted by molar-refractivity contribution is 0.156. The molecule has 2 aromatic rings. The molecule has 92 valence electrons. The van der Waals surface area contributed by atoms with Gasteiger partial charge in [-0.1, -0.05) is 17.2 Å². The first-order chi connectivity index (χ1) is 8.24. The number of methoxy groups -OCH3 is 1. The van der Waals surface area contributed by atoms with E-state index in [1.54, 1.807) is 13.2 Å². The van der Waals surface area contributed by atoms with Crippen LogP contribution in [0.5, 0.6) is 0 Å². The van der Waals surface area contributed by atoms with Crippen molar-refractivity contribution in [2.45, 2.75) is 25.3 Å². The van der Waals surface area contributed by atoms with Gasteiger partial charge in [-0.05, 0) is 6.42 Å². The number of nitrogens with zero attached hydrogens (tertiary/aromatic N) is 3. The van der Waals surface area contributed by atoms with Gasteiger partial charge < -0.3 is 13.8 Å². The molecule has 0 saturated carbocycles. The zero-order valence-electron chi connectivity index (χ0n) is 9.51. The first-order valence-corrected chi connectivity index (χ1v) is 5.60. The van der Waals surface area contributed by atoms with E-state index < -0.39 is 0 Å². The minimum Gasteiger partial charge on any atom is -0.377 e. The Kier molecular flexibility index (Phi) is 3.75. The van der Waals surface area contributed by atoms with Gasteiger partial charge in [0, 0.05) is 13.2 Å². The molecule has 17 heavy (non-hydrogen) atoms. The van der Waals surface area contributed by atoms with Crippen LogP contribution in [0.1, 0.15) is 30.3 Å². The Bertz CT molecular complexity index is 483. The average molecular weight is 258 g/mol. The molecule has 0 saturated heterocycles. The van der Waals surface area contributed by atoms with E-state index in [1.165, 1.54) is 0 Å². The summed E-state index contributed by atoms with van der Waals surface area (Å²) in [4.78, 5) is 4.15. The minimum absolute atomic E-state index is 0.252. The Morgan fingerprint density at radius 1 is 1.41 bits per heavy atom. The highest BCUT2D eigenvalue weighted by molar-refractivity contribution is 6.20. The summed E-state index contributed by atoms with van der Waals surface area (Å²) in [6.45, 7) is 2.29. The first kappa shape index (κ1) is 12.1. The summed E-state index contributed by atoms with van der Waals surface area (Å²) in [7, 11) is 1.58. The van der Waals surface area contributed by atoms with E-state index in [0.717, 1.165) is 6.42 Å². The van der Waals surface area contributed by atoms with Crippen LogP contribution in [0.3, 0.4) is 0 Å². The molecule has 1 unspecified atom stereocenters. The summed E-state index contributed by atoms with van der Waals surface area (Å²) in [5.41, 5.74) is 0.482. The quantitative estimate of drug-likeness (QED) is 0.767. The van der Waals surface area contributed by atoms with Gasteiger partial charge in [0.05, 0.1) is 5.38 Å². The Morgan fingerprint density at radius 3 is 2.94 bits per heavy atom. The van der Waals surface area contributed by atoms with Crippen LogP contribution in [0, 0.1) is 0 Å². The molecule has 7 heteroatoms. The summed E-state index contributed by atoms with van der Waals surface area (Å²) < 4.78 is 15.0. The Morgan fingerprint density at radius 2 is 2.24 bits per heavy atom. The van der Waals surface area contributed by atoms with Crippen molar-refractivity contribution in [3.63, 3.8) is 0 Å². The monoisotopic (exact) mass is 257 g/mol.